The van der Waals surface area contributed by atoms with E-state index >= 15 is 0 Å². The van der Waals surface area contributed by atoms with Crippen molar-refractivity contribution < 1.29 is 23.9 Å². The van der Waals surface area contributed by atoms with Crippen molar-refractivity contribution in [3.8, 4) is 0 Å². The second-order valence-corrected chi connectivity index (χ2v) is 5.60. The van der Waals surface area contributed by atoms with Crippen LogP contribution in [0.2, 0.25) is 0 Å². The van der Waals surface area contributed by atoms with Crippen LogP contribution in [0.1, 0.15) is 37.6 Å². The van der Waals surface area contributed by atoms with Gasteiger partial charge in [-0.3, -0.25) is 19.2 Å². The van der Waals surface area contributed by atoms with E-state index in [9.17, 15) is 19.2 Å². The van der Waals surface area contributed by atoms with Crippen LogP contribution in [0, 0.1) is 5.92 Å². The molecule has 25 heavy (non-hydrogen) atoms. The average molecular weight is 349 g/mol. The Kier molecular flexibility index (Phi) is 7.58. The number of primary amides is 1. The van der Waals surface area contributed by atoms with Gasteiger partial charge in [0.2, 0.25) is 11.8 Å². The van der Waals surface area contributed by atoms with Gasteiger partial charge in [-0.05, 0) is 31.0 Å². The van der Waals surface area contributed by atoms with E-state index in [2.05, 4.69) is 10.6 Å². The maximum absolute atomic E-state index is 12.4. The van der Waals surface area contributed by atoms with Gasteiger partial charge in [0.1, 0.15) is 6.04 Å². The van der Waals surface area contributed by atoms with Gasteiger partial charge in [0, 0.05) is 18.2 Å². The smallest absolute Gasteiger partial charge is 0.306 e. The highest BCUT2D eigenvalue weighted by Crippen LogP contribution is 2.13. The van der Waals surface area contributed by atoms with Gasteiger partial charge < -0.3 is 21.1 Å². The molecule has 0 bridgehead atoms. The van der Waals surface area contributed by atoms with Crippen LogP contribution in [-0.4, -0.2) is 36.3 Å². The average Bonchev–Trinajstić information content (AvgIpc) is 2.51. The Morgan fingerprint density at radius 1 is 1.24 bits per heavy atom. The van der Waals surface area contributed by atoms with Crippen LogP contribution in [0.15, 0.2) is 24.3 Å². The fraction of sp³-hybridized carbons (Fsp3) is 0.412. The summed E-state index contributed by atoms with van der Waals surface area (Å²) in [5.41, 5.74) is 6.05. The van der Waals surface area contributed by atoms with E-state index in [0.717, 1.165) is 0 Å². The Morgan fingerprint density at radius 2 is 1.92 bits per heavy atom. The zero-order valence-electron chi connectivity index (χ0n) is 14.5. The van der Waals surface area contributed by atoms with E-state index in [4.69, 9.17) is 10.5 Å². The molecule has 8 heteroatoms. The van der Waals surface area contributed by atoms with Crippen molar-refractivity contribution in [3.63, 3.8) is 0 Å². The third-order valence-electron chi connectivity index (χ3n) is 3.40. The first-order chi connectivity index (χ1) is 11.7. The number of carbonyl (C=O) groups is 4. The Labute approximate surface area is 146 Å². The third-order valence-corrected chi connectivity index (χ3v) is 3.40. The maximum Gasteiger partial charge on any atom is 0.306 e. The van der Waals surface area contributed by atoms with E-state index in [1.807, 2.05) is 0 Å². The van der Waals surface area contributed by atoms with Gasteiger partial charge >= 0.3 is 5.97 Å². The van der Waals surface area contributed by atoms with Crippen molar-refractivity contribution in [1.29, 1.82) is 0 Å². The van der Waals surface area contributed by atoms with Crippen molar-refractivity contribution in [2.75, 3.05) is 11.9 Å². The molecule has 8 nitrogen and oxygen atoms in total. The summed E-state index contributed by atoms with van der Waals surface area (Å²) in [6, 6.07) is 5.22. The predicted molar refractivity (Wildman–Crippen MR) is 91.6 cm³/mol. The first-order valence-electron chi connectivity index (χ1n) is 7.88. The molecule has 3 amide bonds. The fourth-order valence-electron chi connectivity index (χ4n) is 2.26. The normalized spacial score (nSPS) is 12.6. The highest BCUT2D eigenvalue weighted by molar-refractivity contribution is 5.99. The lowest BCUT2D eigenvalue weighted by Crippen LogP contribution is -2.49. The standard InChI is InChI=1S/C17H23N3O5/c1-4-25-14(22)8-10(2)15(16(18)23)20-17(24)12-6-5-7-13(9-12)19-11(3)21/h5-7,9-10,15H,4,8H2,1-3H3,(H2,18,23)(H,19,21)(H,20,24)/t10-,15-/m1/s1. The molecule has 0 aliphatic carbocycles. The molecule has 1 rings (SSSR count). The zero-order chi connectivity index (χ0) is 19.0. The number of carbonyl (C=O) groups excluding carboxylic acids is 4. The number of hydrogen-bond acceptors (Lipinski definition) is 5. The molecule has 0 aliphatic heterocycles. The topological polar surface area (TPSA) is 128 Å². The van der Waals surface area contributed by atoms with Crippen LogP contribution in [0.25, 0.3) is 0 Å². The quantitative estimate of drug-likeness (QED) is 0.599. The van der Waals surface area contributed by atoms with Gasteiger partial charge in [-0.1, -0.05) is 13.0 Å². The number of amides is 3. The van der Waals surface area contributed by atoms with Crippen LogP contribution >= 0.6 is 0 Å². The Balaban J connectivity index is 2.84. The molecule has 0 saturated carbocycles. The molecule has 4 N–H and O–H groups in total. The molecule has 0 radical (unpaired) electrons. The Hall–Kier alpha value is -2.90. The zero-order valence-corrected chi connectivity index (χ0v) is 14.5. The number of benzene rings is 1. The van der Waals surface area contributed by atoms with Crippen molar-refractivity contribution in [1.82, 2.24) is 5.32 Å². The highest BCUT2D eigenvalue weighted by atomic mass is 16.5. The monoisotopic (exact) mass is 349 g/mol. The molecule has 136 valence electrons. The molecule has 0 saturated heterocycles. The van der Waals surface area contributed by atoms with Crippen molar-refractivity contribution in [2.45, 2.75) is 33.2 Å². The second-order valence-electron chi connectivity index (χ2n) is 5.60. The van der Waals surface area contributed by atoms with Gasteiger partial charge in [0.25, 0.3) is 5.91 Å². The summed E-state index contributed by atoms with van der Waals surface area (Å²) in [5, 5.41) is 5.09. The summed E-state index contributed by atoms with van der Waals surface area (Å²) in [7, 11) is 0. The lowest BCUT2D eigenvalue weighted by molar-refractivity contribution is -0.144. The molecule has 1 aromatic rings. The van der Waals surface area contributed by atoms with Crippen LogP contribution < -0.4 is 16.4 Å². The Morgan fingerprint density at radius 3 is 2.48 bits per heavy atom. The predicted octanol–water partition coefficient (Wildman–Crippen LogP) is 0.818. The van der Waals surface area contributed by atoms with Crippen LogP contribution in [0.3, 0.4) is 0 Å². The van der Waals surface area contributed by atoms with E-state index in [-0.39, 0.29) is 24.5 Å². The van der Waals surface area contributed by atoms with Gasteiger partial charge in [0.05, 0.1) is 13.0 Å². The molecule has 2 atom stereocenters. The fourth-order valence-corrected chi connectivity index (χ4v) is 2.26. The highest BCUT2D eigenvalue weighted by Gasteiger charge is 2.27. The summed E-state index contributed by atoms with van der Waals surface area (Å²) in [6.07, 6.45) is -0.0480. The SMILES string of the molecule is CCOC(=O)C[C@@H](C)[C@@H](NC(=O)c1cccc(NC(C)=O)c1)C(N)=O. The maximum atomic E-state index is 12.4. The van der Waals surface area contributed by atoms with Gasteiger partial charge in [-0.25, -0.2) is 0 Å². The van der Waals surface area contributed by atoms with E-state index in [1.165, 1.54) is 19.1 Å². The molecule has 0 heterocycles. The molecule has 1 aromatic carbocycles. The number of esters is 1. The van der Waals surface area contributed by atoms with Crippen LogP contribution in [-0.2, 0) is 19.1 Å². The Bertz CT molecular complexity index is 659. The molecular formula is C17H23N3O5. The third kappa shape index (κ3) is 6.62. The van der Waals surface area contributed by atoms with Crippen LogP contribution in [0.4, 0.5) is 5.69 Å². The molecule has 0 spiro atoms. The first kappa shape index (κ1) is 20.1. The van der Waals surface area contributed by atoms with Gasteiger partial charge in [0.15, 0.2) is 0 Å². The van der Waals surface area contributed by atoms with Crippen molar-refractivity contribution in [3.05, 3.63) is 29.8 Å². The number of hydrogen-bond donors (Lipinski definition) is 3. The lowest BCUT2D eigenvalue weighted by atomic mass is 9.97. The summed E-state index contributed by atoms with van der Waals surface area (Å²) < 4.78 is 4.84. The number of rotatable bonds is 8. The first-order valence-corrected chi connectivity index (χ1v) is 7.88. The largest absolute Gasteiger partial charge is 0.466 e. The van der Waals surface area contributed by atoms with Gasteiger partial charge in [-0.2, -0.15) is 0 Å². The number of anilines is 1. The minimum Gasteiger partial charge on any atom is -0.466 e. The molecule has 0 aromatic heterocycles. The number of ether oxygens (including phenoxy) is 1. The van der Waals surface area contributed by atoms with Gasteiger partial charge in [-0.15, -0.1) is 0 Å². The summed E-state index contributed by atoms with van der Waals surface area (Å²) in [4.78, 5) is 46.7. The van der Waals surface area contributed by atoms with E-state index < -0.39 is 29.7 Å². The molecule has 0 aliphatic rings. The molecular weight excluding hydrogens is 326 g/mol. The molecule has 0 unspecified atom stereocenters. The second kappa shape index (κ2) is 9.41. The van der Waals surface area contributed by atoms with Crippen molar-refractivity contribution >= 4 is 29.4 Å². The minimum atomic E-state index is -1.03. The number of nitrogens with one attached hydrogen (secondary N) is 2. The minimum absolute atomic E-state index is 0.0480. The van der Waals surface area contributed by atoms with Crippen molar-refractivity contribution in [2.24, 2.45) is 11.7 Å². The summed E-state index contributed by atoms with van der Waals surface area (Å²) in [5.74, 6) is -2.55. The van der Waals surface area contributed by atoms with Crippen LogP contribution in [0.5, 0.6) is 0 Å². The van der Waals surface area contributed by atoms with E-state index in [1.54, 1.807) is 26.0 Å². The van der Waals surface area contributed by atoms with E-state index in [0.29, 0.717) is 5.69 Å². The lowest BCUT2D eigenvalue weighted by Gasteiger charge is -2.21. The summed E-state index contributed by atoms with van der Waals surface area (Å²) >= 11 is 0. The number of nitrogens with two attached hydrogens (primary N) is 1. The summed E-state index contributed by atoms with van der Waals surface area (Å²) in [6.45, 7) is 4.89. The molecule has 0 fully saturated rings.